The molecule has 0 bridgehead atoms. The van der Waals surface area contributed by atoms with Crippen LogP contribution in [0.15, 0.2) is 36.7 Å². The highest BCUT2D eigenvalue weighted by Crippen LogP contribution is 2.33. The summed E-state index contributed by atoms with van der Waals surface area (Å²) < 4.78 is 10.8. The second kappa shape index (κ2) is 9.71. The lowest BCUT2D eigenvalue weighted by molar-refractivity contribution is 0.355. The van der Waals surface area contributed by atoms with Crippen LogP contribution in [-0.4, -0.2) is 48.8 Å². The minimum absolute atomic E-state index is 0. The summed E-state index contributed by atoms with van der Waals surface area (Å²) in [5.41, 5.74) is 3.35. The molecule has 0 aliphatic carbocycles. The zero-order chi connectivity index (χ0) is 19.3. The molecule has 7 nitrogen and oxygen atoms in total. The summed E-state index contributed by atoms with van der Waals surface area (Å²) >= 11 is 0. The minimum Gasteiger partial charge on any atom is -0.493 e. The van der Waals surface area contributed by atoms with E-state index in [9.17, 15) is 0 Å². The maximum absolute atomic E-state index is 5.44. The van der Waals surface area contributed by atoms with Crippen LogP contribution >= 0.6 is 12.4 Å². The zero-order valence-corrected chi connectivity index (χ0v) is 17.5. The van der Waals surface area contributed by atoms with Crippen LogP contribution in [0.4, 0.5) is 5.82 Å². The Morgan fingerprint density at radius 3 is 2.69 bits per heavy atom. The summed E-state index contributed by atoms with van der Waals surface area (Å²) in [5.74, 6) is 2.71. The Balaban J connectivity index is 0.00000240. The number of hydrogen-bond donors (Lipinski definition) is 2. The first kappa shape index (κ1) is 21.1. The van der Waals surface area contributed by atoms with Gasteiger partial charge < -0.3 is 20.1 Å². The molecule has 3 aromatic rings. The molecule has 2 N–H and O–H groups in total. The van der Waals surface area contributed by atoms with Gasteiger partial charge in [0, 0.05) is 24.5 Å². The van der Waals surface area contributed by atoms with E-state index in [-0.39, 0.29) is 12.4 Å². The molecule has 4 rings (SSSR count). The first-order valence-corrected chi connectivity index (χ1v) is 9.57. The van der Waals surface area contributed by atoms with Gasteiger partial charge >= 0.3 is 0 Å². The van der Waals surface area contributed by atoms with Gasteiger partial charge in [0.1, 0.15) is 5.52 Å². The number of pyridine rings is 1. The Hall–Kier alpha value is -2.64. The van der Waals surface area contributed by atoms with Gasteiger partial charge in [-0.25, -0.2) is 9.97 Å². The molecule has 1 atom stereocenters. The van der Waals surface area contributed by atoms with Crippen molar-refractivity contribution in [3.63, 3.8) is 0 Å². The highest BCUT2D eigenvalue weighted by molar-refractivity contribution is 5.88. The first-order valence-electron chi connectivity index (χ1n) is 9.57. The lowest BCUT2D eigenvalue weighted by Crippen LogP contribution is -2.33. The van der Waals surface area contributed by atoms with E-state index in [0.717, 1.165) is 47.7 Å². The Labute approximate surface area is 176 Å². The standard InChI is InChI=1S/C21H25N5O2.ClH/c1-27-18-6-5-15(10-19(18)28-2)16-11-17-20(24-9-8-23-17)21(26-16)25-13-14-4-3-7-22-12-14;/h5-6,8-11,14,22H,3-4,7,12-13H2,1-2H3,(H,25,26);1H/t14-;/m1./s1. The van der Waals surface area contributed by atoms with Crippen molar-refractivity contribution in [2.24, 2.45) is 5.92 Å². The Morgan fingerprint density at radius 1 is 1.10 bits per heavy atom. The first-order chi connectivity index (χ1) is 13.8. The Morgan fingerprint density at radius 2 is 1.93 bits per heavy atom. The third-order valence-corrected chi connectivity index (χ3v) is 5.09. The molecule has 1 fully saturated rings. The topological polar surface area (TPSA) is 81.2 Å². The Bertz CT molecular complexity index is 963. The van der Waals surface area contributed by atoms with Crippen molar-refractivity contribution in [3.8, 4) is 22.8 Å². The van der Waals surface area contributed by atoms with Gasteiger partial charge in [-0.05, 0) is 56.1 Å². The van der Waals surface area contributed by atoms with Gasteiger partial charge in [-0.15, -0.1) is 12.4 Å². The van der Waals surface area contributed by atoms with E-state index in [0.29, 0.717) is 17.4 Å². The number of nitrogens with zero attached hydrogens (tertiary/aromatic N) is 3. The highest BCUT2D eigenvalue weighted by atomic mass is 35.5. The number of aromatic nitrogens is 3. The van der Waals surface area contributed by atoms with E-state index >= 15 is 0 Å². The van der Waals surface area contributed by atoms with Gasteiger partial charge in [-0.2, -0.15) is 0 Å². The predicted molar refractivity (Wildman–Crippen MR) is 117 cm³/mol. The largest absolute Gasteiger partial charge is 0.493 e. The van der Waals surface area contributed by atoms with E-state index < -0.39 is 0 Å². The molecular weight excluding hydrogens is 390 g/mol. The van der Waals surface area contributed by atoms with Crippen LogP contribution in [0.25, 0.3) is 22.3 Å². The summed E-state index contributed by atoms with van der Waals surface area (Å²) in [6.07, 6.45) is 5.84. The van der Waals surface area contributed by atoms with E-state index in [1.165, 1.54) is 12.8 Å². The third-order valence-electron chi connectivity index (χ3n) is 5.09. The van der Waals surface area contributed by atoms with Crippen molar-refractivity contribution in [1.29, 1.82) is 0 Å². The molecular formula is C21H26ClN5O2. The summed E-state index contributed by atoms with van der Waals surface area (Å²) in [6, 6.07) is 7.74. The number of fused-ring (bicyclic) bond motifs is 1. The molecule has 0 saturated carbocycles. The molecule has 1 saturated heterocycles. The maximum atomic E-state index is 5.44. The van der Waals surface area contributed by atoms with Gasteiger partial charge in [0.05, 0.1) is 25.4 Å². The van der Waals surface area contributed by atoms with E-state index in [2.05, 4.69) is 20.6 Å². The number of benzene rings is 1. The molecule has 1 aliphatic rings. The normalized spacial score (nSPS) is 16.1. The van der Waals surface area contributed by atoms with Crippen LogP contribution in [0.1, 0.15) is 12.8 Å². The molecule has 0 amide bonds. The van der Waals surface area contributed by atoms with Crippen molar-refractivity contribution < 1.29 is 9.47 Å². The lowest BCUT2D eigenvalue weighted by Gasteiger charge is -2.23. The van der Waals surface area contributed by atoms with Gasteiger partial charge in [0.15, 0.2) is 17.3 Å². The molecule has 8 heteroatoms. The summed E-state index contributed by atoms with van der Waals surface area (Å²) in [6.45, 7) is 3.00. The van der Waals surface area contributed by atoms with Gasteiger partial charge in [0.2, 0.25) is 0 Å². The number of methoxy groups -OCH3 is 2. The molecule has 3 heterocycles. The van der Waals surface area contributed by atoms with Crippen LogP contribution in [0.3, 0.4) is 0 Å². The number of nitrogens with one attached hydrogen (secondary N) is 2. The van der Waals surface area contributed by atoms with Crippen LogP contribution < -0.4 is 20.1 Å². The van der Waals surface area contributed by atoms with Crippen molar-refractivity contribution >= 4 is 29.3 Å². The highest BCUT2D eigenvalue weighted by Gasteiger charge is 2.16. The zero-order valence-electron chi connectivity index (χ0n) is 16.6. The fourth-order valence-electron chi connectivity index (χ4n) is 3.58. The number of ether oxygens (including phenoxy) is 2. The van der Waals surface area contributed by atoms with Crippen LogP contribution in [0.5, 0.6) is 11.5 Å². The number of halogens is 1. The molecule has 1 aliphatic heterocycles. The Kier molecular flexibility index (Phi) is 7.06. The molecule has 0 spiro atoms. The lowest BCUT2D eigenvalue weighted by atomic mass is 10.00. The van der Waals surface area contributed by atoms with Crippen LogP contribution in [0, 0.1) is 5.92 Å². The second-order valence-electron chi connectivity index (χ2n) is 6.94. The van der Waals surface area contributed by atoms with Crippen molar-refractivity contribution in [3.05, 3.63) is 36.7 Å². The predicted octanol–water partition coefficient (Wildman–Crippen LogP) is 3.54. The summed E-state index contributed by atoms with van der Waals surface area (Å²) in [7, 11) is 3.26. The molecule has 0 radical (unpaired) electrons. The quantitative estimate of drug-likeness (QED) is 0.637. The van der Waals surface area contributed by atoms with E-state index in [4.69, 9.17) is 14.5 Å². The third kappa shape index (κ3) is 4.68. The fraction of sp³-hybridized carbons (Fsp3) is 0.381. The summed E-state index contributed by atoms with van der Waals surface area (Å²) in [5, 5.41) is 6.96. The van der Waals surface area contributed by atoms with Crippen LogP contribution in [0.2, 0.25) is 0 Å². The van der Waals surface area contributed by atoms with Gasteiger partial charge in [0.25, 0.3) is 0 Å². The molecule has 1 aromatic carbocycles. The fourth-order valence-corrected chi connectivity index (χ4v) is 3.58. The van der Waals surface area contributed by atoms with Crippen molar-refractivity contribution in [2.45, 2.75) is 12.8 Å². The number of rotatable bonds is 6. The van der Waals surface area contributed by atoms with E-state index in [1.807, 2.05) is 24.3 Å². The number of hydrogen-bond acceptors (Lipinski definition) is 7. The average molecular weight is 416 g/mol. The SMILES string of the molecule is COc1ccc(-c2cc3nccnc3c(NC[C@@H]3CCCNC3)n2)cc1OC.Cl. The average Bonchev–Trinajstić information content (AvgIpc) is 2.77. The molecule has 2 aromatic heterocycles. The maximum Gasteiger partial charge on any atom is 0.161 e. The van der Waals surface area contributed by atoms with E-state index in [1.54, 1.807) is 26.6 Å². The number of anilines is 1. The summed E-state index contributed by atoms with van der Waals surface area (Å²) in [4.78, 5) is 13.8. The van der Waals surface area contributed by atoms with Gasteiger partial charge in [-0.1, -0.05) is 0 Å². The molecule has 0 unspecified atom stereocenters. The minimum atomic E-state index is 0. The van der Waals surface area contributed by atoms with Crippen molar-refractivity contribution in [2.75, 3.05) is 39.2 Å². The second-order valence-corrected chi connectivity index (χ2v) is 6.94. The number of piperidine rings is 1. The van der Waals surface area contributed by atoms with Crippen LogP contribution in [-0.2, 0) is 0 Å². The molecule has 29 heavy (non-hydrogen) atoms. The van der Waals surface area contributed by atoms with Gasteiger partial charge in [-0.3, -0.25) is 4.98 Å². The van der Waals surface area contributed by atoms with Crippen molar-refractivity contribution in [1.82, 2.24) is 20.3 Å². The monoisotopic (exact) mass is 415 g/mol. The smallest absolute Gasteiger partial charge is 0.161 e. The molecule has 154 valence electrons.